The molecule has 0 spiro atoms. The third-order valence-electron chi connectivity index (χ3n) is 4.14. The monoisotopic (exact) mass is 273 g/mol. The van der Waals surface area contributed by atoms with Gasteiger partial charge in [-0.1, -0.05) is 19.9 Å². The number of hydrogen-bond donors (Lipinski definition) is 1. The largest absolute Gasteiger partial charge is 0.388 e. The van der Waals surface area contributed by atoms with Crippen LogP contribution < -0.4 is 0 Å². The lowest BCUT2D eigenvalue weighted by Crippen LogP contribution is -2.26. The molecule has 3 heteroatoms. The number of aryl methyl sites for hydroxylation is 1. The summed E-state index contributed by atoms with van der Waals surface area (Å²) in [4.78, 5) is 0. The molecule has 0 saturated carbocycles. The van der Waals surface area contributed by atoms with Crippen LogP contribution >= 0.6 is 0 Å². The van der Waals surface area contributed by atoms with E-state index in [-0.39, 0.29) is 11.2 Å². The predicted molar refractivity (Wildman–Crippen MR) is 77.5 cm³/mol. The summed E-state index contributed by atoms with van der Waals surface area (Å²) in [6.07, 6.45) is 1.23. The molecule has 1 aliphatic rings. The van der Waals surface area contributed by atoms with E-state index < -0.39 is 6.10 Å². The van der Waals surface area contributed by atoms with Crippen LogP contribution in [0.1, 0.15) is 43.3 Å². The Morgan fingerprint density at radius 3 is 2.75 bits per heavy atom. The number of benzene rings is 1. The van der Waals surface area contributed by atoms with E-state index in [1.54, 1.807) is 12.1 Å². The molecule has 1 atom stereocenters. The van der Waals surface area contributed by atoms with Crippen molar-refractivity contribution < 1.29 is 9.50 Å². The second-order valence-electron chi connectivity index (χ2n) is 6.56. The van der Waals surface area contributed by atoms with E-state index in [1.165, 1.54) is 6.07 Å². The number of fused-ring (bicyclic) bond motifs is 1. The van der Waals surface area contributed by atoms with Crippen LogP contribution in [-0.4, -0.2) is 9.67 Å². The summed E-state index contributed by atoms with van der Waals surface area (Å²) in [6, 6.07) is 8.65. The molecular formula is C17H20FNO. The Morgan fingerprint density at radius 1 is 1.30 bits per heavy atom. The minimum Gasteiger partial charge on any atom is -0.388 e. The van der Waals surface area contributed by atoms with Gasteiger partial charge in [-0.15, -0.1) is 0 Å². The molecule has 0 fully saturated rings. The normalized spacial score (nSPS) is 20.8. The molecule has 1 aliphatic carbocycles. The van der Waals surface area contributed by atoms with Crippen LogP contribution in [0.5, 0.6) is 0 Å². The summed E-state index contributed by atoms with van der Waals surface area (Å²) in [5.41, 5.74) is 4.02. The molecule has 1 heterocycles. The fourth-order valence-electron chi connectivity index (χ4n) is 3.32. The van der Waals surface area contributed by atoms with E-state index in [2.05, 4.69) is 18.4 Å². The lowest BCUT2D eigenvalue weighted by atomic mass is 9.75. The van der Waals surface area contributed by atoms with Crippen LogP contribution in [0.15, 0.2) is 30.3 Å². The molecule has 106 valence electrons. The number of halogens is 1. The number of nitrogens with zero attached hydrogens (tertiary/aromatic N) is 1. The number of hydrogen-bond acceptors (Lipinski definition) is 1. The number of aromatic nitrogens is 1. The molecule has 0 aliphatic heterocycles. The Hall–Kier alpha value is -1.61. The van der Waals surface area contributed by atoms with Crippen molar-refractivity contribution in [2.24, 2.45) is 5.41 Å². The first kappa shape index (κ1) is 13.4. The predicted octanol–water partition coefficient (Wildman–Crippen LogP) is 3.93. The lowest BCUT2D eigenvalue weighted by Gasteiger charge is -2.34. The zero-order valence-corrected chi connectivity index (χ0v) is 12.2. The zero-order chi connectivity index (χ0) is 14.5. The highest BCUT2D eigenvalue weighted by molar-refractivity contribution is 5.44. The van der Waals surface area contributed by atoms with E-state index in [0.717, 1.165) is 35.5 Å². The summed E-state index contributed by atoms with van der Waals surface area (Å²) in [5, 5.41) is 10.3. The summed E-state index contributed by atoms with van der Waals surface area (Å²) in [7, 11) is 0. The third kappa shape index (κ3) is 2.16. The molecule has 1 aromatic heterocycles. The van der Waals surface area contributed by atoms with Crippen LogP contribution in [0.3, 0.4) is 0 Å². The van der Waals surface area contributed by atoms with Crippen molar-refractivity contribution in [2.75, 3.05) is 0 Å². The molecule has 2 aromatic rings. The van der Waals surface area contributed by atoms with Crippen LogP contribution in [0.4, 0.5) is 4.39 Å². The molecule has 1 N–H and O–H groups in total. The maximum atomic E-state index is 13.5. The third-order valence-corrected chi connectivity index (χ3v) is 4.14. The molecule has 2 nitrogen and oxygen atoms in total. The second-order valence-corrected chi connectivity index (χ2v) is 6.56. The van der Waals surface area contributed by atoms with Gasteiger partial charge in [0.15, 0.2) is 0 Å². The van der Waals surface area contributed by atoms with Crippen molar-refractivity contribution in [2.45, 2.75) is 39.7 Å². The van der Waals surface area contributed by atoms with Gasteiger partial charge in [0.2, 0.25) is 0 Å². The van der Waals surface area contributed by atoms with Gasteiger partial charge in [-0.25, -0.2) is 4.39 Å². The Morgan fingerprint density at radius 2 is 2.05 bits per heavy atom. The molecule has 1 aromatic carbocycles. The fraction of sp³-hybridized carbons (Fsp3) is 0.412. The van der Waals surface area contributed by atoms with E-state index in [0.29, 0.717) is 0 Å². The molecule has 20 heavy (non-hydrogen) atoms. The van der Waals surface area contributed by atoms with E-state index in [1.807, 2.05) is 19.1 Å². The average molecular weight is 273 g/mol. The van der Waals surface area contributed by atoms with Crippen LogP contribution in [0.2, 0.25) is 0 Å². The number of aliphatic hydroxyl groups excluding tert-OH is 1. The van der Waals surface area contributed by atoms with Crippen molar-refractivity contribution in [3.63, 3.8) is 0 Å². The van der Waals surface area contributed by atoms with E-state index in [9.17, 15) is 9.50 Å². The topological polar surface area (TPSA) is 25.2 Å². The van der Waals surface area contributed by atoms with E-state index >= 15 is 0 Å². The summed E-state index contributed by atoms with van der Waals surface area (Å²) >= 11 is 0. The van der Waals surface area contributed by atoms with Gasteiger partial charge < -0.3 is 9.67 Å². The molecular weight excluding hydrogens is 253 g/mol. The maximum Gasteiger partial charge on any atom is 0.125 e. The Balaban J connectivity index is 2.19. The lowest BCUT2D eigenvalue weighted by molar-refractivity contribution is 0.0987. The Kier molecular flexibility index (Phi) is 2.98. The zero-order valence-electron chi connectivity index (χ0n) is 12.2. The van der Waals surface area contributed by atoms with Gasteiger partial charge in [0.05, 0.1) is 6.10 Å². The van der Waals surface area contributed by atoms with Crippen LogP contribution in [0, 0.1) is 18.2 Å². The summed E-state index contributed by atoms with van der Waals surface area (Å²) in [5.74, 6) is -0.236. The standard InChI is InChI=1S/C17H20FNO/c1-11-7-14-15(9-17(2,3)10-16(14)20)19(11)13-6-4-5-12(18)8-13/h4-8,16,20H,9-10H2,1-3H3. The quantitative estimate of drug-likeness (QED) is 0.836. The van der Waals surface area contributed by atoms with Crippen molar-refractivity contribution in [1.29, 1.82) is 0 Å². The van der Waals surface area contributed by atoms with Gasteiger partial charge in [0.1, 0.15) is 5.82 Å². The van der Waals surface area contributed by atoms with Crippen LogP contribution in [-0.2, 0) is 6.42 Å². The van der Waals surface area contributed by atoms with Crippen molar-refractivity contribution in [3.8, 4) is 5.69 Å². The van der Waals surface area contributed by atoms with Gasteiger partial charge in [-0.05, 0) is 49.4 Å². The highest BCUT2D eigenvalue weighted by Crippen LogP contribution is 2.42. The molecule has 0 radical (unpaired) electrons. The Bertz CT molecular complexity index is 657. The minimum absolute atomic E-state index is 0.0578. The minimum atomic E-state index is -0.428. The van der Waals surface area contributed by atoms with Crippen LogP contribution in [0.25, 0.3) is 5.69 Å². The molecule has 0 bridgehead atoms. The van der Waals surface area contributed by atoms with Gasteiger partial charge in [-0.3, -0.25) is 0 Å². The molecule has 3 rings (SSSR count). The number of aliphatic hydroxyl groups is 1. The average Bonchev–Trinajstić information content (AvgIpc) is 2.64. The first-order chi connectivity index (χ1) is 9.37. The van der Waals surface area contributed by atoms with Crippen molar-refractivity contribution in [3.05, 3.63) is 53.1 Å². The van der Waals surface area contributed by atoms with Gasteiger partial charge in [-0.2, -0.15) is 0 Å². The number of rotatable bonds is 1. The highest BCUT2D eigenvalue weighted by Gasteiger charge is 2.34. The first-order valence-corrected chi connectivity index (χ1v) is 7.02. The Labute approximate surface area is 118 Å². The highest BCUT2D eigenvalue weighted by atomic mass is 19.1. The first-order valence-electron chi connectivity index (χ1n) is 7.02. The smallest absolute Gasteiger partial charge is 0.125 e. The van der Waals surface area contributed by atoms with Gasteiger partial charge in [0, 0.05) is 22.6 Å². The van der Waals surface area contributed by atoms with E-state index in [4.69, 9.17) is 0 Å². The second kappa shape index (κ2) is 4.45. The summed E-state index contributed by atoms with van der Waals surface area (Å²) < 4.78 is 15.6. The molecule has 0 amide bonds. The van der Waals surface area contributed by atoms with Gasteiger partial charge >= 0.3 is 0 Å². The maximum absolute atomic E-state index is 13.5. The van der Waals surface area contributed by atoms with Gasteiger partial charge in [0.25, 0.3) is 0 Å². The SMILES string of the molecule is Cc1cc2c(n1-c1cccc(F)c1)CC(C)(C)CC2O. The molecule has 1 unspecified atom stereocenters. The van der Waals surface area contributed by atoms with Crippen molar-refractivity contribution in [1.82, 2.24) is 4.57 Å². The fourth-order valence-corrected chi connectivity index (χ4v) is 3.32. The van der Waals surface area contributed by atoms with Crippen molar-refractivity contribution >= 4 is 0 Å². The summed E-state index contributed by atoms with van der Waals surface area (Å²) in [6.45, 7) is 6.33. The molecule has 0 saturated heterocycles.